The SMILES string of the molecule is O=C(O)c1csc(Nc2cc(F)ccc2Cl)n1. The van der Waals surface area contributed by atoms with Gasteiger partial charge in [-0.3, -0.25) is 0 Å². The van der Waals surface area contributed by atoms with E-state index < -0.39 is 11.8 Å². The van der Waals surface area contributed by atoms with E-state index in [0.29, 0.717) is 15.8 Å². The summed E-state index contributed by atoms with van der Waals surface area (Å²) in [6.45, 7) is 0. The summed E-state index contributed by atoms with van der Waals surface area (Å²) in [5.41, 5.74) is 0.281. The van der Waals surface area contributed by atoms with Gasteiger partial charge in [-0.15, -0.1) is 11.3 Å². The zero-order valence-electron chi connectivity index (χ0n) is 8.28. The van der Waals surface area contributed by atoms with E-state index in [1.165, 1.54) is 23.6 Å². The largest absolute Gasteiger partial charge is 0.476 e. The Morgan fingerprint density at radius 1 is 1.53 bits per heavy atom. The number of halogens is 2. The molecule has 0 radical (unpaired) electrons. The van der Waals surface area contributed by atoms with Crippen molar-refractivity contribution in [3.63, 3.8) is 0 Å². The minimum Gasteiger partial charge on any atom is -0.476 e. The predicted molar refractivity (Wildman–Crippen MR) is 63.8 cm³/mol. The molecule has 0 amide bonds. The van der Waals surface area contributed by atoms with E-state index >= 15 is 0 Å². The maximum absolute atomic E-state index is 13.0. The van der Waals surface area contributed by atoms with Crippen molar-refractivity contribution in [2.75, 3.05) is 5.32 Å². The first kappa shape index (κ1) is 11.8. The lowest BCUT2D eigenvalue weighted by atomic mass is 10.3. The molecule has 0 saturated carbocycles. The van der Waals surface area contributed by atoms with E-state index in [2.05, 4.69) is 10.3 Å². The van der Waals surface area contributed by atoms with Gasteiger partial charge >= 0.3 is 5.97 Å². The standard InChI is InChI=1S/C10H6ClFN2O2S/c11-6-2-1-5(12)3-7(6)13-10-14-8(4-17-10)9(15)16/h1-4H,(H,13,14)(H,15,16). The van der Waals surface area contributed by atoms with Crippen molar-refractivity contribution in [1.29, 1.82) is 0 Å². The third-order valence-corrected chi connectivity index (χ3v) is 2.98. The number of carboxylic acid groups (broad SMARTS) is 1. The fourth-order valence-corrected chi connectivity index (χ4v) is 2.00. The lowest BCUT2D eigenvalue weighted by Crippen LogP contribution is -1.97. The molecular formula is C10H6ClFN2O2S. The highest BCUT2D eigenvalue weighted by molar-refractivity contribution is 7.14. The third kappa shape index (κ3) is 2.72. The second-order valence-corrected chi connectivity index (χ2v) is 4.36. The maximum Gasteiger partial charge on any atom is 0.355 e. The number of aromatic nitrogens is 1. The van der Waals surface area contributed by atoms with Crippen molar-refractivity contribution in [3.8, 4) is 0 Å². The molecule has 0 unspecified atom stereocenters. The van der Waals surface area contributed by atoms with E-state index in [9.17, 15) is 9.18 Å². The van der Waals surface area contributed by atoms with Gasteiger partial charge in [0.2, 0.25) is 0 Å². The molecule has 2 N–H and O–H groups in total. The minimum atomic E-state index is -1.11. The van der Waals surface area contributed by atoms with E-state index in [0.717, 1.165) is 11.3 Å². The highest BCUT2D eigenvalue weighted by Crippen LogP contribution is 2.27. The van der Waals surface area contributed by atoms with Gasteiger partial charge in [0.15, 0.2) is 10.8 Å². The van der Waals surface area contributed by atoms with Gasteiger partial charge in [-0.2, -0.15) is 0 Å². The normalized spacial score (nSPS) is 10.2. The Morgan fingerprint density at radius 3 is 2.94 bits per heavy atom. The summed E-state index contributed by atoms with van der Waals surface area (Å²) in [6.07, 6.45) is 0. The lowest BCUT2D eigenvalue weighted by molar-refractivity contribution is 0.0691. The molecule has 17 heavy (non-hydrogen) atoms. The maximum atomic E-state index is 13.0. The Balaban J connectivity index is 2.25. The number of nitrogens with zero attached hydrogens (tertiary/aromatic N) is 1. The number of thiazole rings is 1. The van der Waals surface area contributed by atoms with Crippen molar-refractivity contribution in [1.82, 2.24) is 4.98 Å². The second-order valence-electron chi connectivity index (χ2n) is 3.09. The summed E-state index contributed by atoms with van der Waals surface area (Å²) in [7, 11) is 0. The van der Waals surface area contributed by atoms with E-state index in [1.54, 1.807) is 0 Å². The first-order valence-corrected chi connectivity index (χ1v) is 5.73. The molecule has 2 rings (SSSR count). The molecule has 0 aliphatic rings. The summed E-state index contributed by atoms with van der Waals surface area (Å²) < 4.78 is 13.0. The van der Waals surface area contributed by atoms with Crippen LogP contribution in [0.2, 0.25) is 5.02 Å². The van der Waals surface area contributed by atoms with Gasteiger partial charge in [-0.1, -0.05) is 11.6 Å². The van der Waals surface area contributed by atoms with Crippen LogP contribution in [0.4, 0.5) is 15.2 Å². The topological polar surface area (TPSA) is 62.2 Å². The molecule has 1 heterocycles. The molecule has 7 heteroatoms. The summed E-state index contributed by atoms with van der Waals surface area (Å²) in [4.78, 5) is 14.4. The molecule has 1 aromatic heterocycles. The number of aromatic carboxylic acids is 1. The Bertz CT molecular complexity index is 573. The molecule has 0 spiro atoms. The van der Waals surface area contributed by atoms with Gasteiger partial charge in [0.05, 0.1) is 10.7 Å². The van der Waals surface area contributed by atoms with E-state index in [1.807, 2.05) is 0 Å². The highest BCUT2D eigenvalue weighted by atomic mass is 35.5. The van der Waals surface area contributed by atoms with Crippen LogP contribution in [0.25, 0.3) is 0 Å². The Kier molecular flexibility index (Phi) is 3.26. The van der Waals surface area contributed by atoms with Crippen LogP contribution in [0.15, 0.2) is 23.6 Å². The Labute approximate surface area is 105 Å². The number of hydrogen-bond donors (Lipinski definition) is 2. The molecule has 2 aromatic rings. The summed E-state index contributed by atoms with van der Waals surface area (Å²) in [5.74, 6) is -1.55. The van der Waals surface area contributed by atoms with Gasteiger partial charge < -0.3 is 10.4 Å². The van der Waals surface area contributed by atoms with Crippen LogP contribution in [0.1, 0.15) is 10.5 Å². The van der Waals surface area contributed by atoms with Crippen LogP contribution in [-0.4, -0.2) is 16.1 Å². The number of carbonyl (C=O) groups is 1. The first-order valence-electron chi connectivity index (χ1n) is 4.47. The highest BCUT2D eigenvalue weighted by Gasteiger charge is 2.10. The molecule has 0 atom stereocenters. The lowest BCUT2D eigenvalue weighted by Gasteiger charge is -2.04. The molecule has 0 saturated heterocycles. The van der Waals surface area contributed by atoms with Gasteiger partial charge in [0.1, 0.15) is 5.82 Å². The summed E-state index contributed by atoms with van der Waals surface area (Å²) >= 11 is 6.95. The van der Waals surface area contributed by atoms with Gasteiger partial charge in [-0.25, -0.2) is 14.2 Å². The molecule has 0 aliphatic carbocycles. The fourth-order valence-electron chi connectivity index (χ4n) is 1.14. The monoisotopic (exact) mass is 272 g/mol. The molecule has 4 nitrogen and oxygen atoms in total. The number of anilines is 2. The quantitative estimate of drug-likeness (QED) is 0.899. The van der Waals surface area contributed by atoms with Gasteiger partial charge in [0, 0.05) is 5.38 Å². The van der Waals surface area contributed by atoms with Crippen molar-refractivity contribution in [2.24, 2.45) is 0 Å². The molecule has 0 aliphatic heterocycles. The van der Waals surface area contributed by atoms with Gasteiger partial charge in [-0.05, 0) is 18.2 Å². The average molecular weight is 273 g/mol. The zero-order chi connectivity index (χ0) is 12.4. The number of nitrogens with one attached hydrogen (secondary N) is 1. The Hall–Kier alpha value is -1.66. The fraction of sp³-hybridized carbons (Fsp3) is 0. The van der Waals surface area contributed by atoms with Crippen LogP contribution in [0, 0.1) is 5.82 Å². The Morgan fingerprint density at radius 2 is 2.29 bits per heavy atom. The average Bonchev–Trinajstić information content (AvgIpc) is 2.72. The van der Waals surface area contributed by atoms with Crippen LogP contribution in [-0.2, 0) is 0 Å². The molecule has 0 fully saturated rings. The van der Waals surface area contributed by atoms with Crippen LogP contribution in [0.3, 0.4) is 0 Å². The van der Waals surface area contributed by atoms with E-state index in [-0.39, 0.29) is 5.69 Å². The summed E-state index contributed by atoms with van der Waals surface area (Å²) in [6, 6.07) is 3.85. The number of hydrogen-bond acceptors (Lipinski definition) is 4. The number of carboxylic acids is 1. The first-order chi connectivity index (χ1) is 8.06. The molecule has 0 bridgehead atoms. The number of rotatable bonds is 3. The summed E-state index contributed by atoms with van der Waals surface area (Å²) in [5, 5.41) is 13.5. The van der Waals surface area contributed by atoms with Crippen molar-refractivity contribution >= 4 is 39.7 Å². The molecule has 88 valence electrons. The molecule has 1 aromatic carbocycles. The third-order valence-electron chi connectivity index (χ3n) is 1.89. The minimum absolute atomic E-state index is 0.0648. The predicted octanol–water partition coefficient (Wildman–Crippen LogP) is 3.38. The smallest absolute Gasteiger partial charge is 0.355 e. The van der Waals surface area contributed by atoms with Crippen molar-refractivity contribution < 1.29 is 14.3 Å². The second kappa shape index (κ2) is 4.68. The van der Waals surface area contributed by atoms with Crippen LogP contribution >= 0.6 is 22.9 Å². The molecular weight excluding hydrogens is 267 g/mol. The van der Waals surface area contributed by atoms with Crippen molar-refractivity contribution in [2.45, 2.75) is 0 Å². The zero-order valence-corrected chi connectivity index (χ0v) is 9.85. The van der Waals surface area contributed by atoms with Crippen molar-refractivity contribution in [3.05, 3.63) is 40.1 Å². The number of benzene rings is 1. The van der Waals surface area contributed by atoms with Crippen LogP contribution in [0.5, 0.6) is 0 Å². The van der Waals surface area contributed by atoms with Crippen LogP contribution < -0.4 is 5.32 Å². The van der Waals surface area contributed by atoms with E-state index in [4.69, 9.17) is 16.7 Å². The van der Waals surface area contributed by atoms with Gasteiger partial charge in [0.25, 0.3) is 0 Å².